The normalized spacial score (nSPS) is 16.8. The third kappa shape index (κ3) is 5.42. The van der Waals surface area contributed by atoms with Gasteiger partial charge < -0.3 is 11.1 Å². The van der Waals surface area contributed by atoms with Gasteiger partial charge in [-0.1, -0.05) is 37.3 Å². The minimum atomic E-state index is -0.297. The predicted molar refractivity (Wildman–Crippen MR) is 107 cm³/mol. The zero-order valence-electron chi connectivity index (χ0n) is 14.3. The van der Waals surface area contributed by atoms with Crippen LogP contribution in [0.1, 0.15) is 48.1 Å². The summed E-state index contributed by atoms with van der Waals surface area (Å²) in [5.74, 6) is 0.246. The lowest BCUT2D eigenvalue weighted by Crippen LogP contribution is -2.38. The molecule has 3 rings (SSSR count). The van der Waals surface area contributed by atoms with Crippen LogP contribution in [-0.4, -0.2) is 10.9 Å². The van der Waals surface area contributed by atoms with E-state index < -0.39 is 0 Å². The number of thiazole rings is 1. The number of benzene rings is 1. The average Bonchev–Trinajstić information content (AvgIpc) is 3.32. The van der Waals surface area contributed by atoms with Gasteiger partial charge in [0.1, 0.15) is 5.01 Å². The fourth-order valence-corrected chi connectivity index (χ4v) is 3.68. The minimum Gasteiger partial charge on any atom is -0.346 e. The fourth-order valence-electron chi connectivity index (χ4n) is 2.74. The van der Waals surface area contributed by atoms with Gasteiger partial charge in [0.2, 0.25) is 5.91 Å². The van der Waals surface area contributed by atoms with E-state index in [-0.39, 0.29) is 48.7 Å². The Morgan fingerprint density at radius 1 is 1.28 bits per heavy atom. The van der Waals surface area contributed by atoms with Crippen molar-refractivity contribution in [3.05, 3.63) is 52.0 Å². The second-order valence-electron chi connectivity index (χ2n) is 6.38. The monoisotopic (exact) mass is 401 g/mol. The summed E-state index contributed by atoms with van der Waals surface area (Å²) >= 11 is 1.63. The largest absolute Gasteiger partial charge is 0.346 e. The van der Waals surface area contributed by atoms with Gasteiger partial charge in [-0.05, 0) is 31.2 Å². The summed E-state index contributed by atoms with van der Waals surface area (Å²) in [6.07, 6.45) is 2.31. The summed E-state index contributed by atoms with van der Waals surface area (Å²) in [5, 5.41) is 6.24. The van der Waals surface area contributed by atoms with E-state index in [1.807, 2.05) is 49.6 Å². The van der Waals surface area contributed by atoms with Crippen LogP contribution >= 0.6 is 36.2 Å². The quantitative estimate of drug-likeness (QED) is 0.761. The molecule has 2 aromatic rings. The van der Waals surface area contributed by atoms with E-state index in [0.717, 1.165) is 29.1 Å². The third-order valence-electron chi connectivity index (χ3n) is 4.43. The van der Waals surface area contributed by atoms with Crippen LogP contribution in [0.25, 0.3) is 0 Å². The van der Waals surface area contributed by atoms with Gasteiger partial charge in [0.25, 0.3) is 0 Å². The molecule has 3 N–H and O–H groups in total. The Balaban J connectivity index is 0.00000156. The number of nitrogens with one attached hydrogen (secondary N) is 1. The van der Waals surface area contributed by atoms with Crippen LogP contribution in [0.5, 0.6) is 0 Å². The summed E-state index contributed by atoms with van der Waals surface area (Å²) in [6.45, 7) is 3.88. The van der Waals surface area contributed by atoms with Crippen molar-refractivity contribution in [1.29, 1.82) is 0 Å². The molecule has 0 aliphatic heterocycles. The predicted octanol–water partition coefficient (Wildman–Crippen LogP) is 4.20. The number of amides is 1. The highest BCUT2D eigenvalue weighted by Crippen LogP contribution is 2.42. The topological polar surface area (TPSA) is 68.0 Å². The van der Waals surface area contributed by atoms with Crippen LogP contribution in [-0.2, 0) is 4.79 Å². The average molecular weight is 402 g/mol. The Morgan fingerprint density at radius 2 is 1.92 bits per heavy atom. The van der Waals surface area contributed by atoms with Gasteiger partial charge in [0.05, 0.1) is 12.0 Å². The van der Waals surface area contributed by atoms with E-state index in [0.29, 0.717) is 5.92 Å². The molecule has 3 atom stereocenters. The minimum absolute atomic E-state index is 0. The molecule has 25 heavy (non-hydrogen) atoms. The Kier molecular flexibility index (Phi) is 8.35. The summed E-state index contributed by atoms with van der Waals surface area (Å²) in [5.41, 5.74) is 8.28. The molecule has 1 saturated carbocycles. The van der Waals surface area contributed by atoms with Crippen molar-refractivity contribution in [2.75, 3.05) is 0 Å². The number of aryl methyl sites for hydroxylation is 1. The molecule has 3 unspecified atom stereocenters. The molecule has 4 nitrogen and oxygen atoms in total. The Hall–Kier alpha value is -1.14. The molecule has 1 fully saturated rings. The number of hydrogen-bond donors (Lipinski definition) is 2. The van der Waals surface area contributed by atoms with E-state index in [9.17, 15) is 4.79 Å². The highest BCUT2D eigenvalue weighted by molar-refractivity contribution is 7.09. The van der Waals surface area contributed by atoms with E-state index in [2.05, 4.69) is 10.3 Å². The number of carbonyl (C=O) groups excluding carboxylic acids is 1. The first kappa shape index (κ1) is 21.9. The van der Waals surface area contributed by atoms with Gasteiger partial charge in [-0.25, -0.2) is 4.98 Å². The van der Waals surface area contributed by atoms with Crippen molar-refractivity contribution >= 4 is 42.1 Å². The van der Waals surface area contributed by atoms with Crippen LogP contribution in [0.4, 0.5) is 0 Å². The van der Waals surface area contributed by atoms with Crippen molar-refractivity contribution in [3.63, 3.8) is 0 Å². The van der Waals surface area contributed by atoms with Gasteiger partial charge in [-0.2, -0.15) is 0 Å². The van der Waals surface area contributed by atoms with Gasteiger partial charge in [-0.3, -0.25) is 4.79 Å². The van der Waals surface area contributed by atoms with Crippen molar-refractivity contribution in [2.45, 2.75) is 38.8 Å². The Labute approximate surface area is 165 Å². The van der Waals surface area contributed by atoms with E-state index in [4.69, 9.17) is 5.73 Å². The smallest absolute Gasteiger partial charge is 0.225 e. The molecule has 0 spiro atoms. The van der Waals surface area contributed by atoms with Gasteiger partial charge in [0, 0.05) is 17.1 Å². The first-order chi connectivity index (χ1) is 11.1. The summed E-state index contributed by atoms with van der Waals surface area (Å²) in [6, 6.07) is 9.53. The number of carbonyl (C=O) groups is 1. The van der Waals surface area contributed by atoms with E-state index in [1.54, 1.807) is 11.3 Å². The Bertz CT molecular complexity index is 676. The van der Waals surface area contributed by atoms with Gasteiger partial charge >= 0.3 is 0 Å². The second kappa shape index (κ2) is 9.53. The molecule has 1 heterocycles. The lowest BCUT2D eigenvalue weighted by molar-refractivity contribution is -0.126. The molecule has 0 radical (unpaired) electrons. The van der Waals surface area contributed by atoms with Crippen LogP contribution in [0, 0.1) is 18.8 Å². The molecule has 1 aromatic heterocycles. The van der Waals surface area contributed by atoms with Crippen molar-refractivity contribution in [3.8, 4) is 0 Å². The van der Waals surface area contributed by atoms with Gasteiger partial charge in [0.15, 0.2) is 0 Å². The molecular weight excluding hydrogens is 377 g/mol. The highest BCUT2D eigenvalue weighted by atomic mass is 35.5. The standard InChI is InChI=1S/C18H23N3OS.2ClH/c1-11-10-23-18(20-11)16(14-8-9-14)21-17(22)12(2)15(19)13-6-4-3-5-7-13;;/h3-7,10,12,14-16H,8-9,19H2,1-2H3,(H,21,22);2*1H. The summed E-state index contributed by atoms with van der Waals surface area (Å²) in [4.78, 5) is 17.2. The molecule has 138 valence electrons. The van der Waals surface area contributed by atoms with Crippen molar-refractivity contribution < 1.29 is 4.79 Å². The van der Waals surface area contributed by atoms with Crippen molar-refractivity contribution in [1.82, 2.24) is 10.3 Å². The van der Waals surface area contributed by atoms with Crippen molar-refractivity contribution in [2.24, 2.45) is 17.6 Å². The number of nitrogens with two attached hydrogens (primary N) is 1. The van der Waals surface area contributed by atoms with E-state index >= 15 is 0 Å². The molecular formula is C18H25Cl2N3OS. The number of hydrogen-bond acceptors (Lipinski definition) is 4. The maximum absolute atomic E-state index is 12.7. The molecule has 1 aliphatic carbocycles. The summed E-state index contributed by atoms with van der Waals surface area (Å²) in [7, 11) is 0. The molecule has 1 aliphatic rings. The Morgan fingerprint density at radius 3 is 2.44 bits per heavy atom. The van der Waals surface area contributed by atoms with E-state index in [1.165, 1.54) is 0 Å². The molecule has 0 saturated heterocycles. The third-order valence-corrected chi connectivity index (χ3v) is 5.48. The van der Waals surface area contributed by atoms with Crippen LogP contribution in [0.2, 0.25) is 0 Å². The second-order valence-corrected chi connectivity index (χ2v) is 7.27. The first-order valence-electron chi connectivity index (χ1n) is 8.09. The maximum atomic E-state index is 12.7. The molecule has 0 bridgehead atoms. The van der Waals surface area contributed by atoms with Crippen LogP contribution in [0.3, 0.4) is 0 Å². The molecule has 1 aromatic carbocycles. The summed E-state index contributed by atoms with van der Waals surface area (Å²) < 4.78 is 0. The molecule has 1 amide bonds. The first-order valence-corrected chi connectivity index (χ1v) is 8.97. The number of aromatic nitrogens is 1. The highest BCUT2D eigenvalue weighted by Gasteiger charge is 2.36. The lowest BCUT2D eigenvalue weighted by atomic mass is 9.94. The SMILES string of the molecule is Cc1csc(C(NC(=O)C(C)C(N)c2ccccc2)C2CC2)n1.Cl.Cl. The number of halogens is 2. The number of rotatable bonds is 6. The van der Waals surface area contributed by atoms with Crippen LogP contribution in [0.15, 0.2) is 35.7 Å². The number of nitrogens with zero attached hydrogens (tertiary/aromatic N) is 1. The van der Waals surface area contributed by atoms with Crippen LogP contribution < -0.4 is 11.1 Å². The zero-order valence-corrected chi connectivity index (χ0v) is 16.8. The molecule has 7 heteroatoms. The lowest BCUT2D eigenvalue weighted by Gasteiger charge is -2.23. The zero-order chi connectivity index (χ0) is 16.4. The maximum Gasteiger partial charge on any atom is 0.225 e. The fraction of sp³-hybridized carbons (Fsp3) is 0.444. The van der Waals surface area contributed by atoms with Gasteiger partial charge in [-0.15, -0.1) is 36.2 Å².